The van der Waals surface area contributed by atoms with E-state index < -0.39 is 5.97 Å². The van der Waals surface area contributed by atoms with Crippen LogP contribution >= 0.6 is 0 Å². The molecule has 0 atom stereocenters. The zero-order chi connectivity index (χ0) is 13.4. The number of carboxylic acid groups (broad SMARTS) is 1. The maximum absolute atomic E-state index is 11.1. The molecule has 1 rings (SSSR count). The van der Waals surface area contributed by atoms with Crippen molar-refractivity contribution < 1.29 is 24.2 Å². The van der Waals surface area contributed by atoms with Crippen molar-refractivity contribution in [3.8, 4) is 5.75 Å². The molecule has 1 aromatic carbocycles. The molecule has 0 aliphatic rings. The molecule has 0 fully saturated rings. The second-order valence-corrected chi connectivity index (χ2v) is 3.56. The summed E-state index contributed by atoms with van der Waals surface area (Å²) in [6.45, 7) is 2.39. The molecule has 0 aliphatic carbocycles. The van der Waals surface area contributed by atoms with E-state index in [1.165, 1.54) is 6.07 Å². The summed E-state index contributed by atoms with van der Waals surface area (Å²) in [6, 6.07) is 6.40. The number of rotatable bonds is 7. The Hall–Kier alpha value is -2.04. The van der Waals surface area contributed by atoms with Gasteiger partial charge in [-0.2, -0.15) is 0 Å². The van der Waals surface area contributed by atoms with E-state index in [4.69, 9.17) is 14.6 Å². The van der Waals surface area contributed by atoms with Crippen molar-refractivity contribution >= 4 is 11.9 Å². The summed E-state index contributed by atoms with van der Waals surface area (Å²) in [5.41, 5.74) is 0.119. The summed E-state index contributed by atoms with van der Waals surface area (Å²) in [6.07, 6.45) is 0.760. The van der Waals surface area contributed by atoms with E-state index >= 15 is 0 Å². The van der Waals surface area contributed by atoms with Gasteiger partial charge in [-0.05, 0) is 25.5 Å². The summed E-state index contributed by atoms with van der Waals surface area (Å²) in [4.78, 5) is 22.0. The number of hydrogen-bond donors (Lipinski definition) is 1. The van der Waals surface area contributed by atoms with Gasteiger partial charge in [-0.1, -0.05) is 12.1 Å². The predicted octanol–water partition coefficient (Wildman–Crippen LogP) is 2.11. The number of ether oxygens (including phenoxy) is 2. The third-order valence-electron chi connectivity index (χ3n) is 2.21. The lowest BCUT2D eigenvalue weighted by Crippen LogP contribution is -2.08. The first-order valence-electron chi connectivity index (χ1n) is 5.76. The number of esters is 1. The average Bonchev–Trinajstić information content (AvgIpc) is 2.35. The minimum Gasteiger partial charge on any atom is -0.493 e. The molecule has 0 bridgehead atoms. The molecular weight excluding hydrogens is 236 g/mol. The van der Waals surface area contributed by atoms with Crippen molar-refractivity contribution in [2.45, 2.75) is 19.8 Å². The van der Waals surface area contributed by atoms with Crippen LogP contribution < -0.4 is 4.74 Å². The smallest absolute Gasteiger partial charge is 0.339 e. The van der Waals surface area contributed by atoms with Crippen LogP contribution in [0.25, 0.3) is 0 Å². The quantitative estimate of drug-likeness (QED) is 0.594. The van der Waals surface area contributed by atoms with Gasteiger partial charge in [0.2, 0.25) is 0 Å². The van der Waals surface area contributed by atoms with Gasteiger partial charge >= 0.3 is 11.9 Å². The first-order chi connectivity index (χ1) is 8.65. The first-order valence-corrected chi connectivity index (χ1v) is 5.76. The maximum atomic E-state index is 11.1. The highest BCUT2D eigenvalue weighted by molar-refractivity contribution is 5.90. The van der Waals surface area contributed by atoms with Gasteiger partial charge < -0.3 is 14.6 Å². The summed E-state index contributed by atoms with van der Waals surface area (Å²) in [7, 11) is 0. The molecular formula is C13H16O5. The van der Waals surface area contributed by atoms with E-state index in [0.717, 1.165) is 0 Å². The molecule has 0 saturated carbocycles. The van der Waals surface area contributed by atoms with Crippen molar-refractivity contribution in [3.05, 3.63) is 29.8 Å². The minimum absolute atomic E-state index is 0.119. The van der Waals surface area contributed by atoms with Crippen LogP contribution in [-0.4, -0.2) is 30.3 Å². The van der Waals surface area contributed by atoms with Crippen LogP contribution in [0.15, 0.2) is 24.3 Å². The lowest BCUT2D eigenvalue weighted by atomic mass is 10.2. The highest BCUT2D eigenvalue weighted by atomic mass is 16.5. The Balaban J connectivity index is 2.40. The standard InChI is InChI=1S/C13H16O5/c1-2-17-12(14)8-5-9-18-11-7-4-3-6-10(11)13(15)16/h3-4,6-7H,2,5,8-9H2,1H3,(H,15,16). The Kier molecular flexibility index (Phi) is 5.70. The fraction of sp³-hybridized carbons (Fsp3) is 0.385. The summed E-state index contributed by atoms with van der Waals surface area (Å²) in [5, 5.41) is 8.93. The zero-order valence-electron chi connectivity index (χ0n) is 10.2. The van der Waals surface area contributed by atoms with Crippen LogP contribution in [0.5, 0.6) is 5.75 Å². The number of hydrogen-bond acceptors (Lipinski definition) is 4. The average molecular weight is 252 g/mol. The summed E-state index contributed by atoms with van der Waals surface area (Å²) < 4.78 is 10.1. The number of aromatic carboxylic acids is 1. The Morgan fingerprint density at radius 2 is 2.00 bits per heavy atom. The molecule has 0 heterocycles. The van der Waals surface area contributed by atoms with Crippen molar-refractivity contribution in [2.75, 3.05) is 13.2 Å². The third kappa shape index (κ3) is 4.45. The molecule has 0 aliphatic heterocycles. The van der Waals surface area contributed by atoms with Crippen LogP contribution in [0.1, 0.15) is 30.1 Å². The Morgan fingerprint density at radius 1 is 1.28 bits per heavy atom. The van der Waals surface area contributed by atoms with Crippen molar-refractivity contribution in [3.63, 3.8) is 0 Å². The Morgan fingerprint density at radius 3 is 2.67 bits per heavy atom. The molecule has 0 aromatic heterocycles. The normalized spacial score (nSPS) is 9.83. The van der Waals surface area contributed by atoms with Crippen molar-refractivity contribution in [1.29, 1.82) is 0 Å². The van der Waals surface area contributed by atoms with E-state index in [2.05, 4.69) is 0 Å². The van der Waals surface area contributed by atoms with Gasteiger partial charge in [-0.25, -0.2) is 4.79 Å². The number of benzene rings is 1. The maximum Gasteiger partial charge on any atom is 0.339 e. The SMILES string of the molecule is CCOC(=O)CCCOc1ccccc1C(=O)O. The molecule has 0 saturated heterocycles. The van der Waals surface area contributed by atoms with Gasteiger partial charge in [0.1, 0.15) is 11.3 Å². The lowest BCUT2D eigenvalue weighted by Gasteiger charge is -2.08. The molecule has 5 heteroatoms. The van der Waals surface area contributed by atoms with E-state index in [9.17, 15) is 9.59 Å². The molecule has 18 heavy (non-hydrogen) atoms. The number of para-hydroxylation sites is 1. The second-order valence-electron chi connectivity index (χ2n) is 3.56. The molecule has 0 radical (unpaired) electrons. The van der Waals surface area contributed by atoms with Gasteiger partial charge in [0.15, 0.2) is 0 Å². The Labute approximate surface area is 105 Å². The second kappa shape index (κ2) is 7.32. The van der Waals surface area contributed by atoms with Gasteiger partial charge in [0.25, 0.3) is 0 Å². The van der Waals surface area contributed by atoms with E-state index in [1.54, 1.807) is 25.1 Å². The topological polar surface area (TPSA) is 72.8 Å². The van der Waals surface area contributed by atoms with Gasteiger partial charge in [-0.3, -0.25) is 4.79 Å². The van der Waals surface area contributed by atoms with Crippen molar-refractivity contribution in [1.82, 2.24) is 0 Å². The van der Waals surface area contributed by atoms with Crippen LogP contribution in [0.2, 0.25) is 0 Å². The van der Waals surface area contributed by atoms with Crippen LogP contribution in [0.3, 0.4) is 0 Å². The predicted molar refractivity (Wildman–Crippen MR) is 64.8 cm³/mol. The number of carbonyl (C=O) groups is 2. The van der Waals surface area contributed by atoms with Gasteiger partial charge in [0, 0.05) is 6.42 Å². The highest BCUT2D eigenvalue weighted by Gasteiger charge is 2.10. The van der Waals surface area contributed by atoms with Crippen LogP contribution in [0.4, 0.5) is 0 Å². The minimum atomic E-state index is -1.03. The molecule has 0 amide bonds. The number of carbonyl (C=O) groups excluding carboxylic acids is 1. The van der Waals surface area contributed by atoms with Gasteiger partial charge in [0.05, 0.1) is 13.2 Å². The molecule has 1 N–H and O–H groups in total. The summed E-state index contributed by atoms with van der Waals surface area (Å²) in [5.74, 6) is -0.988. The monoisotopic (exact) mass is 252 g/mol. The fourth-order valence-corrected chi connectivity index (χ4v) is 1.40. The summed E-state index contributed by atoms with van der Waals surface area (Å²) >= 11 is 0. The van der Waals surface area contributed by atoms with Crippen LogP contribution in [0, 0.1) is 0 Å². The molecule has 1 aromatic rings. The van der Waals surface area contributed by atoms with E-state index in [-0.39, 0.29) is 24.6 Å². The Bertz CT molecular complexity index is 414. The molecule has 0 spiro atoms. The van der Waals surface area contributed by atoms with E-state index in [0.29, 0.717) is 18.8 Å². The van der Waals surface area contributed by atoms with Crippen LogP contribution in [-0.2, 0) is 9.53 Å². The zero-order valence-corrected chi connectivity index (χ0v) is 10.2. The number of carboxylic acids is 1. The third-order valence-corrected chi connectivity index (χ3v) is 2.21. The molecule has 5 nitrogen and oxygen atoms in total. The van der Waals surface area contributed by atoms with E-state index in [1.807, 2.05) is 0 Å². The lowest BCUT2D eigenvalue weighted by molar-refractivity contribution is -0.143. The largest absolute Gasteiger partial charge is 0.493 e. The molecule has 98 valence electrons. The van der Waals surface area contributed by atoms with Crippen molar-refractivity contribution in [2.24, 2.45) is 0 Å². The van der Waals surface area contributed by atoms with Gasteiger partial charge in [-0.15, -0.1) is 0 Å². The first kappa shape index (κ1) is 14.0. The highest BCUT2D eigenvalue weighted by Crippen LogP contribution is 2.17. The fourth-order valence-electron chi connectivity index (χ4n) is 1.40. The molecule has 0 unspecified atom stereocenters.